The van der Waals surface area contributed by atoms with Crippen LogP contribution in [0.5, 0.6) is 0 Å². The average molecular weight is 338 g/mol. The molecule has 1 amide bonds. The summed E-state index contributed by atoms with van der Waals surface area (Å²) in [6.07, 6.45) is 1.72. The molecular formula is C17H14N4O4. The molecule has 0 unspecified atom stereocenters. The fourth-order valence-corrected chi connectivity index (χ4v) is 2.87. The van der Waals surface area contributed by atoms with Gasteiger partial charge in [0, 0.05) is 19.2 Å². The van der Waals surface area contributed by atoms with Gasteiger partial charge in [-0.3, -0.25) is 24.3 Å². The molecule has 25 heavy (non-hydrogen) atoms. The van der Waals surface area contributed by atoms with Crippen LogP contribution in [0.4, 0.5) is 5.69 Å². The predicted octanol–water partition coefficient (Wildman–Crippen LogP) is 1.21. The lowest BCUT2D eigenvalue weighted by molar-refractivity contribution is -0.385. The van der Waals surface area contributed by atoms with Crippen molar-refractivity contribution in [2.45, 2.75) is 19.5 Å². The number of pyridine rings is 1. The Labute approximate surface area is 142 Å². The van der Waals surface area contributed by atoms with Crippen molar-refractivity contribution >= 4 is 11.6 Å². The number of carbonyl (C=O) groups is 1. The number of rotatable bonds is 3. The molecule has 3 rings (SSSR count). The molecule has 0 saturated heterocycles. The van der Waals surface area contributed by atoms with Crippen LogP contribution < -0.4 is 5.56 Å². The number of hydrogen-bond donors (Lipinski definition) is 0. The Kier molecular flexibility index (Phi) is 4.31. The van der Waals surface area contributed by atoms with E-state index in [9.17, 15) is 19.7 Å². The lowest BCUT2D eigenvalue weighted by atomic mass is 10.00. The van der Waals surface area contributed by atoms with Crippen LogP contribution in [0.25, 0.3) is 0 Å². The first-order valence-corrected chi connectivity index (χ1v) is 7.63. The summed E-state index contributed by atoms with van der Waals surface area (Å²) >= 11 is 0. The van der Waals surface area contributed by atoms with Crippen LogP contribution in [-0.4, -0.2) is 26.8 Å². The summed E-state index contributed by atoms with van der Waals surface area (Å²) in [6.45, 7) is 0.617. The summed E-state index contributed by atoms with van der Waals surface area (Å²) in [7, 11) is 0. The molecule has 0 N–H and O–H groups in total. The third kappa shape index (κ3) is 3.26. The van der Waals surface area contributed by atoms with Gasteiger partial charge in [-0.05, 0) is 17.5 Å². The zero-order valence-corrected chi connectivity index (χ0v) is 13.2. The van der Waals surface area contributed by atoms with Crippen molar-refractivity contribution < 1.29 is 9.72 Å². The normalized spacial score (nSPS) is 13.0. The SMILES string of the molecule is N#Cc1cc([N+](=O)[O-])cn(CC(=O)N2CCc3ccccc3C2)c1=O. The number of carbonyl (C=O) groups excluding carboxylic acids is 1. The van der Waals surface area contributed by atoms with Crippen molar-refractivity contribution in [1.29, 1.82) is 5.26 Å². The van der Waals surface area contributed by atoms with Gasteiger partial charge in [-0.25, -0.2) is 0 Å². The van der Waals surface area contributed by atoms with E-state index >= 15 is 0 Å². The summed E-state index contributed by atoms with van der Waals surface area (Å²) in [5.74, 6) is -0.319. The van der Waals surface area contributed by atoms with E-state index in [1.165, 1.54) is 5.56 Å². The third-order valence-corrected chi connectivity index (χ3v) is 4.19. The third-order valence-electron chi connectivity index (χ3n) is 4.19. The maximum Gasteiger partial charge on any atom is 0.287 e. The van der Waals surface area contributed by atoms with Gasteiger partial charge in [-0.1, -0.05) is 24.3 Å². The maximum absolute atomic E-state index is 12.5. The monoisotopic (exact) mass is 338 g/mol. The molecule has 0 fully saturated rings. The van der Waals surface area contributed by atoms with Crippen molar-refractivity contribution in [3.8, 4) is 6.07 Å². The highest BCUT2D eigenvalue weighted by atomic mass is 16.6. The molecule has 0 spiro atoms. The van der Waals surface area contributed by atoms with Gasteiger partial charge < -0.3 is 4.90 Å². The molecule has 8 nitrogen and oxygen atoms in total. The first kappa shape index (κ1) is 16.4. The van der Waals surface area contributed by atoms with Crippen molar-refractivity contribution in [2.75, 3.05) is 6.54 Å². The van der Waals surface area contributed by atoms with Crippen LogP contribution >= 0.6 is 0 Å². The number of hydrogen-bond acceptors (Lipinski definition) is 5. The highest BCUT2D eigenvalue weighted by Gasteiger charge is 2.22. The van der Waals surface area contributed by atoms with Crippen LogP contribution in [0, 0.1) is 21.4 Å². The van der Waals surface area contributed by atoms with Gasteiger partial charge in [-0.2, -0.15) is 5.26 Å². The van der Waals surface area contributed by atoms with Gasteiger partial charge >= 0.3 is 0 Å². The maximum atomic E-state index is 12.5. The van der Waals surface area contributed by atoms with E-state index in [0.29, 0.717) is 13.1 Å². The number of nitriles is 1. The fourth-order valence-electron chi connectivity index (χ4n) is 2.87. The molecule has 0 atom stereocenters. The number of aromatic nitrogens is 1. The van der Waals surface area contributed by atoms with Gasteiger partial charge in [0.25, 0.3) is 11.2 Å². The first-order chi connectivity index (χ1) is 12.0. The zero-order chi connectivity index (χ0) is 18.0. The Bertz CT molecular complexity index is 958. The second-order valence-electron chi connectivity index (χ2n) is 5.75. The Morgan fingerprint density at radius 1 is 1.32 bits per heavy atom. The molecule has 8 heteroatoms. The quantitative estimate of drug-likeness (QED) is 0.617. The lowest BCUT2D eigenvalue weighted by Crippen LogP contribution is -2.39. The summed E-state index contributed by atoms with van der Waals surface area (Å²) in [5, 5.41) is 19.9. The van der Waals surface area contributed by atoms with Gasteiger partial charge in [0.2, 0.25) is 5.91 Å². The van der Waals surface area contributed by atoms with E-state index in [1.54, 1.807) is 11.0 Å². The molecule has 1 aliphatic heterocycles. The van der Waals surface area contributed by atoms with Crippen molar-refractivity contribution in [3.63, 3.8) is 0 Å². The summed E-state index contributed by atoms with van der Waals surface area (Å²) in [6, 6.07) is 10.4. The van der Waals surface area contributed by atoms with E-state index in [0.717, 1.165) is 28.8 Å². The average Bonchev–Trinajstić information content (AvgIpc) is 2.62. The van der Waals surface area contributed by atoms with Gasteiger partial charge in [0.05, 0.1) is 11.1 Å². The molecule has 0 saturated carbocycles. The van der Waals surface area contributed by atoms with Gasteiger partial charge in [0.15, 0.2) is 0 Å². The van der Waals surface area contributed by atoms with Gasteiger partial charge in [-0.15, -0.1) is 0 Å². The fraction of sp³-hybridized carbons (Fsp3) is 0.235. The number of nitro groups is 1. The second-order valence-corrected chi connectivity index (χ2v) is 5.75. The van der Waals surface area contributed by atoms with Crippen molar-refractivity contribution in [2.24, 2.45) is 0 Å². The number of amides is 1. The van der Waals surface area contributed by atoms with E-state index in [2.05, 4.69) is 0 Å². The molecule has 0 aliphatic carbocycles. The highest BCUT2D eigenvalue weighted by molar-refractivity contribution is 5.76. The van der Waals surface area contributed by atoms with E-state index in [4.69, 9.17) is 5.26 Å². The summed E-state index contributed by atoms with van der Waals surface area (Å²) < 4.78 is 0.930. The predicted molar refractivity (Wildman–Crippen MR) is 87.6 cm³/mol. The highest BCUT2D eigenvalue weighted by Crippen LogP contribution is 2.19. The van der Waals surface area contributed by atoms with E-state index in [1.807, 2.05) is 24.3 Å². The second kappa shape index (κ2) is 6.57. The molecule has 0 radical (unpaired) electrons. The Morgan fingerprint density at radius 2 is 2.04 bits per heavy atom. The molecule has 1 aromatic carbocycles. The Morgan fingerprint density at radius 3 is 2.72 bits per heavy atom. The van der Waals surface area contributed by atoms with Crippen LogP contribution in [0.1, 0.15) is 16.7 Å². The minimum Gasteiger partial charge on any atom is -0.336 e. The molecule has 0 bridgehead atoms. The molecule has 2 aromatic rings. The van der Waals surface area contributed by atoms with Crippen LogP contribution in [-0.2, 0) is 24.3 Å². The Balaban J connectivity index is 1.85. The zero-order valence-electron chi connectivity index (χ0n) is 13.2. The largest absolute Gasteiger partial charge is 0.336 e. The van der Waals surface area contributed by atoms with E-state index < -0.39 is 16.2 Å². The molecular weight excluding hydrogens is 324 g/mol. The molecule has 1 aromatic heterocycles. The topological polar surface area (TPSA) is 109 Å². The van der Waals surface area contributed by atoms with Gasteiger partial charge in [0.1, 0.15) is 18.2 Å². The molecule has 2 heterocycles. The minimum absolute atomic E-state index is 0.319. The minimum atomic E-state index is -0.709. The summed E-state index contributed by atoms with van der Waals surface area (Å²) in [5.41, 5.74) is 0.773. The smallest absolute Gasteiger partial charge is 0.287 e. The first-order valence-electron chi connectivity index (χ1n) is 7.63. The number of fused-ring (bicyclic) bond motifs is 1. The summed E-state index contributed by atoms with van der Waals surface area (Å²) in [4.78, 5) is 36.5. The lowest BCUT2D eigenvalue weighted by Gasteiger charge is -2.29. The molecule has 1 aliphatic rings. The Hall–Kier alpha value is -3.47. The standard InChI is InChI=1S/C17H14N4O4/c18-8-14-7-15(21(24)25)10-20(17(14)23)11-16(22)19-6-5-12-3-1-2-4-13(12)9-19/h1-4,7,10H,5-6,9,11H2. The van der Waals surface area contributed by atoms with Crippen LogP contribution in [0.2, 0.25) is 0 Å². The van der Waals surface area contributed by atoms with Crippen LogP contribution in [0.15, 0.2) is 41.3 Å². The van der Waals surface area contributed by atoms with Crippen molar-refractivity contribution in [1.82, 2.24) is 9.47 Å². The van der Waals surface area contributed by atoms with E-state index in [-0.39, 0.29) is 18.0 Å². The number of nitrogens with zero attached hydrogens (tertiary/aromatic N) is 4. The van der Waals surface area contributed by atoms with Crippen LogP contribution in [0.3, 0.4) is 0 Å². The van der Waals surface area contributed by atoms with Crippen molar-refractivity contribution in [3.05, 3.63) is 73.7 Å². The number of benzene rings is 1. The molecule has 126 valence electrons.